The lowest BCUT2D eigenvalue weighted by atomic mass is 10.2. The molecule has 3 rings (SSSR count). The van der Waals surface area contributed by atoms with Gasteiger partial charge < -0.3 is 9.47 Å². The predicted molar refractivity (Wildman–Crippen MR) is 99.4 cm³/mol. The molecule has 0 bridgehead atoms. The summed E-state index contributed by atoms with van der Waals surface area (Å²) in [4.78, 5) is 28.5. The van der Waals surface area contributed by atoms with Gasteiger partial charge in [0, 0.05) is 13.1 Å². The fourth-order valence-corrected chi connectivity index (χ4v) is 3.47. The number of ether oxygens (including phenoxy) is 2. The van der Waals surface area contributed by atoms with E-state index in [-0.39, 0.29) is 24.3 Å². The maximum atomic E-state index is 12.8. The first-order valence-corrected chi connectivity index (χ1v) is 9.62. The summed E-state index contributed by atoms with van der Waals surface area (Å²) >= 11 is 0. The third kappa shape index (κ3) is 4.43. The van der Waals surface area contributed by atoms with E-state index in [2.05, 4.69) is 11.8 Å². The Balaban J connectivity index is 1.58. The number of rotatable bonds is 8. The normalized spacial score (nSPS) is 21.4. The van der Waals surface area contributed by atoms with E-state index in [4.69, 9.17) is 9.47 Å². The van der Waals surface area contributed by atoms with E-state index in [9.17, 15) is 9.59 Å². The molecule has 2 fully saturated rings. The van der Waals surface area contributed by atoms with E-state index in [0.29, 0.717) is 38.6 Å². The van der Waals surface area contributed by atoms with Gasteiger partial charge in [0.15, 0.2) is 0 Å². The number of hydrogen-bond donors (Lipinski definition) is 0. The molecule has 2 heterocycles. The van der Waals surface area contributed by atoms with Crippen LogP contribution in [0.1, 0.15) is 39.0 Å². The Bertz CT molecular complexity index is 611. The van der Waals surface area contributed by atoms with Gasteiger partial charge in [-0.25, -0.2) is 4.90 Å². The van der Waals surface area contributed by atoms with Crippen molar-refractivity contribution in [2.75, 3.05) is 37.8 Å². The van der Waals surface area contributed by atoms with Crippen molar-refractivity contribution >= 4 is 17.5 Å². The molecule has 1 aromatic carbocycles. The minimum Gasteiger partial charge on any atom is -0.494 e. The average molecular weight is 360 g/mol. The smallest absolute Gasteiger partial charge is 0.251 e. The number of imide groups is 1. The second-order valence-corrected chi connectivity index (χ2v) is 6.84. The van der Waals surface area contributed by atoms with Gasteiger partial charge in [-0.2, -0.15) is 0 Å². The highest BCUT2D eigenvalue weighted by atomic mass is 16.5. The van der Waals surface area contributed by atoms with Gasteiger partial charge in [0.2, 0.25) is 5.91 Å². The minimum absolute atomic E-state index is 0.134. The van der Waals surface area contributed by atoms with E-state index >= 15 is 0 Å². The van der Waals surface area contributed by atoms with Crippen molar-refractivity contribution in [2.45, 2.75) is 45.1 Å². The average Bonchev–Trinajstić information content (AvgIpc) is 2.97. The van der Waals surface area contributed by atoms with E-state index in [1.165, 1.54) is 24.2 Å². The second-order valence-electron chi connectivity index (χ2n) is 6.84. The summed E-state index contributed by atoms with van der Waals surface area (Å²) in [6.45, 7) is 5.50. The number of hydrogen-bond acceptors (Lipinski definition) is 5. The zero-order chi connectivity index (χ0) is 18.4. The fourth-order valence-electron chi connectivity index (χ4n) is 3.47. The highest BCUT2D eigenvalue weighted by Crippen LogP contribution is 2.27. The van der Waals surface area contributed by atoms with Crippen molar-refractivity contribution in [3.8, 4) is 5.75 Å². The standard InChI is InChI=1S/C20H28N2O4/c1-2-3-4-5-12-26-17-8-6-16(7-9-17)22-19(23)15-18(20(22)24)21-10-13-25-14-11-21/h6-9,18H,2-5,10-15H2,1H3. The van der Waals surface area contributed by atoms with Gasteiger partial charge in [0.05, 0.1) is 38.0 Å². The molecule has 1 aromatic rings. The van der Waals surface area contributed by atoms with E-state index in [1.807, 2.05) is 12.1 Å². The molecule has 26 heavy (non-hydrogen) atoms. The molecule has 6 heteroatoms. The summed E-state index contributed by atoms with van der Waals surface area (Å²) in [6, 6.07) is 6.88. The number of amides is 2. The lowest BCUT2D eigenvalue weighted by molar-refractivity contribution is -0.123. The third-order valence-corrected chi connectivity index (χ3v) is 4.97. The van der Waals surface area contributed by atoms with Crippen LogP contribution in [0.2, 0.25) is 0 Å². The second kappa shape index (κ2) is 9.14. The number of carbonyl (C=O) groups is 2. The van der Waals surface area contributed by atoms with E-state index in [0.717, 1.165) is 12.2 Å². The van der Waals surface area contributed by atoms with Gasteiger partial charge in [-0.05, 0) is 30.7 Å². The Hall–Kier alpha value is -1.92. The number of anilines is 1. The molecule has 0 aromatic heterocycles. The van der Waals surface area contributed by atoms with E-state index < -0.39 is 0 Å². The molecule has 1 atom stereocenters. The zero-order valence-electron chi connectivity index (χ0n) is 15.5. The Labute approximate surface area is 155 Å². The number of benzene rings is 1. The Morgan fingerprint density at radius 1 is 1.08 bits per heavy atom. The highest BCUT2D eigenvalue weighted by Gasteiger charge is 2.42. The van der Waals surface area contributed by atoms with Crippen LogP contribution in [0.15, 0.2) is 24.3 Å². The van der Waals surface area contributed by atoms with Crippen LogP contribution in [0.5, 0.6) is 5.75 Å². The van der Waals surface area contributed by atoms with Crippen LogP contribution in [0, 0.1) is 0 Å². The number of morpholine rings is 1. The molecule has 2 aliphatic rings. The van der Waals surface area contributed by atoms with Gasteiger partial charge in [-0.3, -0.25) is 14.5 Å². The topological polar surface area (TPSA) is 59.1 Å². The van der Waals surface area contributed by atoms with Crippen molar-refractivity contribution in [3.05, 3.63) is 24.3 Å². The molecule has 0 spiro atoms. The van der Waals surface area contributed by atoms with Gasteiger partial charge in [-0.1, -0.05) is 26.2 Å². The van der Waals surface area contributed by atoms with Crippen molar-refractivity contribution in [1.82, 2.24) is 4.90 Å². The summed E-state index contributed by atoms with van der Waals surface area (Å²) < 4.78 is 11.1. The van der Waals surface area contributed by atoms with Crippen LogP contribution in [0.25, 0.3) is 0 Å². The number of nitrogens with zero attached hydrogens (tertiary/aromatic N) is 2. The number of carbonyl (C=O) groups excluding carboxylic acids is 2. The van der Waals surface area contributed by atoms with Crippen molar-refractivity contribution < 1.29 is 19.1 Å². The Kier molecular flexibility index (Phi) is 6.63. The summed E-state index contributed by atoms with van der Waals surface area (Å²) in [6.07, 6.45) is 4.90. The van der Waals surface area contributed by atoms with E-state index in [1.54, 1.807) is 12.1 Å². The molecule has 1 unspecified atom stereocenters. The molecular formula is C20H28N2O4. The van der Waals surface area contributed by atoms with Gasteiger partial charge in [0.1, 0.15) is 5.75 Å². The molecule has 0 N–H and O–H groups in total. The predicted octanol–water partition coefficient (Wildman–Crippen LogP) is 2.61. The molecule has 6 nitrogen and oxygen atoms in total. The summed E-state index contributed by atoms with van der Waals surface area (Å²) in [7, 11) is 0. The Morgan fingerprint density at radius 2 is 1.81 bits per heavy atom. The molecule has 2 aliphatic heterocycles. The van der Waals surface area contributed by atoms with Gasteiger partial charge >= 0.3 is 0 Å². The summed E-state index contributed by atoms with van der Waals surface area (Å²) in [5.41, 5.74) is 0.620. The highest BCUT2D eigenvalue weighted by molar-refractivity contribution is 6.22. The largest absolute Gasteiger partial charge is 0.494 e. The van der Waals surface area contributed by atoms with Crippen LogP contribution < -0.4 is 9.64 Å². The monoisotopic (exact) mass is 360 g/mol. The third-order valence-electron chi connectivity index (χ3n) is 4.97. The van der Waals surface area contributed by atoms with Crippen LogP contribution in [0.3, 0.4) is 0 Å². The van der Waals surface area contributed by atoms with Crippen molar-refractivity contribution in [2.24, 2.45) is 0 Å². The summed E-state index contributed by atoms with van der Waals surface area (Å²) in [5, 5.41) is 0. The summed E-state index contributed by atoms with van der Waals surface area (Å²) in [5.74, 6) is 0.499. The van der Waals surface area contributed by atoms with Gasteiger partial charge in [0.25, 0.3) is 5.91 Å². The molecule has 2 saturated heterocycles. The molecule has 0 radical (unpaired) electrons. The minimum atomic E-state index is -0.360. The lowest BCUT2D eigenvalue weighted by Crippen LogP contribution is -2.47. The van der Waals surface area contributed by atoms with Crippen LogP contribution in [-0.4, -0.2) is 55.7 Å². The Morgan fingerprint density at radius 3 is 2.50 bits per heavy atom. The zero-order valence-corrected chi connectivity index (χ0v) is 15.5. The maximum Gasteiger partial charge on any atom is 0.251 e. The first kappa shape index (κ1) is 18.9. The SMILES string of the molecule is CCCCCCOc1ccc(N2C(=O)CC(N3CCOCC3)C2=O)cc1. The van der Waals surface area contributed by atoms with Crippen molar-refractivity contribution in [1.29, 1.82) is 0 Å². The van der Waals surface area contributed by atoms with Crippen molar-refractivity contribution in [3.63, 3.8) is 0 Å². The van der Waals surface area contributed by atoms with Crippen LogP contribution >= 0.6 is 0 Å². The lowest BCUT2D eigenvalue weighted by Gasteiger charge is -2.30. The maximum absolute atomic E-state index is 12.8. The first-order valence-electron chi connectivity index (χ1n) is 9.62. The molecule has 0 aliphatic carbocycles. The molecule has 2 amide bonds. The molecule has 142 valence electrons. The number of unbranched alkanes of at least 4 members (excludes halogenated alkanes) is 3. The van der Waals surface area contributed by atoms with Crippen LogP contribution in [0.4, 0.5) is 5.69 Å². The van der Waals surface area contributed by atoms with Gasteiger partial charge in [-0.15, -0.1) is 0 Å². The molecule has 0 saturated carbocycles. The fraction of sp³-hybridized carbons (Fsp3) is 0.600. The quantitative estimate of drug-likeness (QED) is 0.527. The van der Waals surface area contributed by atoms with Crippen LogP contribution in [-0.2, 0) is 14.3 Å². The first-order chi connectivity index (χ1) is 12.7. The molecular weight excluding hydrogens is 332 g/mol.